The molecule has 2 atom stereocenters. The van der Waals surface area contributed by atoms with Crippen LogP contribution in [0.3, 0.4) is 0 Å². The smallest absolute Gasteiger partial charge is 0.295 e. The Balaban J connectivity index is 2.08. The zero-order chi connectivity index (χ0) is 22.6. The highest BCUT2D eigenvalue weighted by Gasteiger charge is 2.48. The topological polar surface area (TPSA) is 47.1 Å². The molecule has 1 aliphatic rings. The number of hydrogen-bond donors (Lipinski definition) is 0. The van der Waals surface area contributed by atoms with Crippen LogP contribution in [0, 0.1) is 0 Å². The van der Waals surface area contributed by atoms with Crippen LogP contribution in [-0.2, 0) is 10.2 Å². The number of halogens is 1. The molecule has 6 nitrogen and oxygen atoms in total. The molecule has 1 heterocycles. The van der Waals surface area contributed by atoms with Gasteiger partial charge in [-0.1, -0.05) is 67.9 Å². The molecule has 2 aromatic rings. The van der Waals surface area contributed by atoms with Gasteiger partial charge in [-0.3, -0.25) is 0 Å². The lowest BCUT2D eigenvalue weighted by molar-refractivity contribution is 0.0714. The number of hydrogen-bond acceptors (Lipinski definition) is 4. The van der Waals surface area contributed by atoms with E-state index in [9.17, 15) is 8.42 Å². The summed E-state index contributed by atoms with van der Waals surface area (Å²) in [4.78, 5) is 2.31. The normalized spacial score (nSPS) is 20.7. The van der Waals surface area contributed by atoms with Gasteiger partial charge in [-0.25, -0.2) is 5.01 Å². The minimum absolute atomic E-state index is 0.00815. The van der Waals surface area contributed by atoms with E-state index in [1.807, 2.05) is 47.5 Å². The second-order valence-corrected chi connectivity index (χ2v) is 10.5. The van der Waals surface area contributed by atoms with Crippen LogP contribution in [-0.4, -0.2) is 73.9 Å². The zero-order valence-electron chi connectivity index (χ0n) is 18.8. The van der Waals surface area contributed by atoms with Crippen molar-refractivity contribution < 1.29 is 8.42 Å². The van der Waals surface area contributed by atoms with Gasteiger partial charge in [-0.05, 0) is 36.3 Å². The summed E-state index contributed by atoms with van der Waals surface area (Å²) in [6.45, 7) is 8.21. The first kappa shape index (κ1) is 24.2. The molecule has 1 fully saturated rings. The molecule has 1 aliphatic heterocycles. The highest BCUT2D eigenvalue weighted by molar-refractivity contribution is 7.86. The van der Waals surface area contributed by atoms with Crippen molar-refractivity contribution in [1.82, 2.24) is 18.6 Å². The lowest BCUT2D eigenvalue weighted by Gasteiger charge is -2.34. The largest absolute Gasteiger partial charge is 0.303 e. The maximum absolute atomic E-state index is 13.5. The standard InChI is InChI=1S/C23H33ClN4O2S/c1-5-26(6-2)16-17-27-18-22(19-10-8-7-9-11-19)23(20-12-14-21(24)15-13-20)28(27)31(29,30)25(3)4/h7-15,22-23H,5-6,16-18H2,1-4H3. The van der Waals surface area contributed by atoms with E-state index in [2.05, 4.69) is 30.9 Å². The van der Waals surface area contributed by atoms with Crippen molar-refractivity contribution in [1.29, 1.82) is 0 Å². The van der Waals surface area contributed by atoms with E-state index in [1.165, 1.54) is 4.31 Å². The predicted octanol–water partition coefficient (Wildman–Crippen LogP) is 3.85. The first-order valence-electron chi connectivity index (χ1n) is 10.8. The third-order valence-electron chi connectivity index (χ3n) is 6.01. The Kier molecular flexibility index (Phi) is 8.13. The van der Waals surface area contributed by atoms with E-state index in [4.69, 9.17) is 11.6 Å². The fraction of sp³-hybridized carbons (Fsp3) is 0.478. The molecule has 1 saturated heterocycles. The quantitative estimate of drug-likeness (QED) is 0.565. The van der Waals surface area contributed by atoms with Crippen LogP contribution in [0.4, 0.5) is 0 Å². The van der Waals surface area contributed by atoms with Crippen LogP contribution >= 0.6 is 11.6 Å². The molecular weight excluding hydrogens is 432 g/mol. The summed E-state index contributed by atoms with van der Waals surface area (Å²) in [7, 11) is -0.514. The number of hydrazine groups is 1. The van der Waals surface area contributed by atoms with Crippen molar-refractivity contribution in [2.75, 3.05) is 46.8 Å². The van der Waals surface area contributed by atoms with Gasteiger partial charge >= 0.3 is 0 Å². The van der Waals surface area contributed by atoms with Crippen LogP contribution < -0.4 is 0 Å². The third-order valence-corrected chi connectivity index (χ3v) is 8.12. The van der Waals surface area contributed by atoms with Crippen molar-refractivity contribution >= 4 is 21.8 Å². The van der Waals surface area contributed by atoms with Crippen LogP contribution in [0.15, 0.2) is 54.6 Å². The molecule has 8 heteroatoms. The fourth-order valence-electron chi connectivity index (χ4n) is 4.19. The van der Waals surface area contributed by atoms with Gasteiger partial charge in [0.25, 0.3) is 10.2 Å². The van der Waals surface area contributed by atoms with E-state index in [0.29, 0.717) is 18.1 Å². The van der Waals surface area contributed by atoms with Gasteiger partial charge in [0.05, 0.1) is 6.04 Å². The van der Waals surface area contributed by atoms with Gasteiger partial charge < -0.3 is 4.90 Å². The van der Waals surface area contributed by atoms with Crippen molar-refractivity contribution in [3.8, 4) is 0 Å². The number of nitrogens with zero attached hydrogens (tertiary/aromatic N) is 4. The summed E-state index contributed by atoms with van der Waals surface area (Å²) in [5.74, 6) is 0.00815. The van der Waals surface area contributed by atoms with Gasteiger partial charge in [0.1, 0.15) is 0 Å². The van der Waals surface area contributed by atoms with Gasteiger partial charge in [0.2, 0.25) is 0 Å². The Morgan fingerprint density at radius 1 is 0.968 bits per heavy atom. The summed E-state index contributed by atoms with van der Waals surface area (Å²) in [6.07, 6.45) is 0. The minimum Gasteiger partial charge on any atom is -0.303 e. The molecule has 3 rings (SSSR count). The van der Waals surface area contributed by atoms with Gasteiger partial charge in [0, 0.05) is 44.7 Å². The zero-order valence-corrected chi connectivity index (χ0v) is 20.4. The lowest BCUT2D eigenvalue weighted by Crippen LogP contribution is -2.49. The Morgan fingerprint density at radius 3 is 2.13 bits per heavy atom. The third kappa shape index (κ3) is 5.30. The molecule has 0 aliphatic carbocycles. The summed E-state index contributed by atoms with van der Waals surface area (Å²) in [6, 6.07) is 17.4. The monoisotopic (exact) mass is 464 g/mol. The van der Waals surface area contributed by atoms with Crippen LogP contribution in [0.25, 0.3) is 0 Å². The molecule has 2 aromatic carbocycles. The highest BCUT2D eigenvalue weighted by Crippen LogP contribution is 2.45. The number of likely N-dealkylation sites (N-methyl/N-ethyl adjacent to an activating group) is 1. The molecule has 0 radical (unpaired) electrons. The molecule has 0 N–H and O–H groups in total. The minimum atomic E-state index is -3.69. The van der Waals surface area contributed by atoms with Crippen molar-refractivity contribution in [3.05, 3.63) is 70.7 Å². The molecule has 0 bridgehead atoms. The summed E-state index contributed by atoms with van der Waals surface area (Å²) >= 11 is 6.14. The molecule has 0 amide bonds. The Labute approximate surface area is 192 Å². The van der Waals surface area contributed by atoms with E-state index in [-0.39, 0.29) is 12.0 Å². The number of benzene rings is 2. The van der Waals surface area contributed by atoms with Gasteiger partial charge in [-0.2, -0.15) is 12.7 Å². The van der Waals surface area contributed by atoms with E-state index < -0.39 is 10.2 Å². The summed E-state index contributed by atoms with van der Waals surface area (Å²) < 4.78 is 29.9. The average molecular weight is 465 g/mol. The number of rotatable bonds is 9. The van der Waals surface area contributed by atoms with Crippen LogP contribution in [0.1, 0.15) is 36.9 Å². The molecule has 2 unspecified atom stereocenters. The highest BCUT2D eigenvalue weighted by atomic mass is 35.5. The maximum atomic E-state index is 13.5. The molecule has 170 valence electrons. The van der Waals surface area contributed by atoms with Crippen LogP contribution in [0.2, 0.25) is 5.02 Å². The molecular formula is C23H33ClN4O2S. The van der Waals surface area contributed by atoms with Crippen molar-refractivity contribution in [2.24, 2.45) is 0 Å². The Bertz CT molecular complexity index is 934. The first-order valence-corrected chi connectivity index (χ1v) is 12.6. The maximum Gasteiger partial charge on any atom is 0.295 e. The molecule has 0 aromatic heterocycles. The summed E-state index contributed by atoms with van der Waals surface area (Å²) in [5.41, 5.74) is 2.07. The second kappa shape index (κ2) is 10.4. The van der Waals surface area contributed by atoms with Crippen molar-refractivity contribution in [2.45, 2.75) is 25.8 Å². The van der Waals surface area contributed by atoms with Crippen molar-refractivity contribution in [3.63, 3.8) is 0 Å². The Hall–Kier alpha value is -1.48. The Morgan fingerprint density at radius 2 is 1.58 bits per heavy atom. The van der Waals surface area contributed by atoms with Gasteiger partial charge in [0.15, 0.2) is 0 Å². The average Bonchev–Trinajstić information content (AvgIpc) is 3.16. The molecule has 0 saturated carbocycles. The second-order valence-electron chi connectivity index (χ2n) is 8.02. The molecule has 0 spiro atoms. The summed E-state index contributed by atoms with van der Waals surface area (Å²) in [5, 5.41) is 2.64. The fourth-order valence-corrected chi connectivity index (χ4v) is 5.64. The SMILES string of the molecule is CCN(CC)CCN1CC(c2ccccc2)C(c2ccc(Cl)cc2)N1S(=O)(=O)N(C)C. The van der Waals surface area contributed by atoms with Crippen LogP contribution in [0.5, 0.6) is 0 Å². The predicted molar refractivity (Wildman–Crippen MR) is 127 cm³/mol. The molecule has 31 heavy (non-hydrogen) atoms. The van der Waals surface area contributed by atoms with E-state index in [0.717, 1.165) is 30.8 Å². The van der Waals surface area contributed by atoms with E-state index >= 15 is 0 Å². The van der Waals surface area contributed by atoms with E-state index in [1.54, 1.807) is 18.5 Å². The first-order chi connectivity index (χ1) is 14.8. The van der Waals surface area contributed by atoms with Gasteiger partial charge in [-0.15, -0.1) is 4.41 Å². The lowest BCUT2D eigenvalue weighted by atomic mass is 9.89.